The van der Waals surface area contributed by atoms with Crippen LogP contribution in [0.1, 0.15) is 31.7 Å². The second-order valence-corrected chi connectivity index (χ2v) is 8.38. The lowest BCUT2D eigenvalue weighted by atomic mass is 9.67. The zero-order valence-electron chi connectivity index (χ0n) is 18.1. The van der Waals surface area contributed by atoms with E-state index < -0.39 is 5.41 Å². The van der Waals surface area contributed by atoms with E-state index in [2.05, 4.69) is 17.1 Å². The van der Waals surface area contributed by atoms with Crippen molar-refractivity contribution in [2.24, 2.45) is 11.8 Å². The number of amides is 1. The molecule has 3 aliphatic heterocycles. The third-order valence-corrected chi connectivity index (χ3v) is 7.25. The fourth-order valence-corrected chi connectivity index (χ4v) is 5.88. The number of fused-ring (bicyclic) bond motifs is 4. The van der Waals surface area contributed by atoms with Gasteiger partial charge in [-0.25, -0.2) is 4.79 Å². The largest absolute Gasteiger partial charge is 0.504 e. The van der Waals surface area contributed by atoms with Gasteiger partial charge in [-0.15, -0.1) is 0 Å². The Morgan fingerprint density at radius 1 is 1.33 bits per heavy atom. The van der Waals surface area contributed by atoms with Crippen molar-refractivity contribution in [1.82, 2.24) is 4.90 Å². The number of rotatable bonds is 5. The van der Waals surface area contributed by atoms with Crippen LogP contribution in [-0.4, -0.2) is 57.2 Å². The van der Waals surface area contributed by atoms with Gasteiger partial charge >= 0.3 is 5.97 Å². The second kappa shape index (κ2) is 7.95. The van der Waals surface area contributed by atoms with Gasteiger partial charge < -0.3 is 19.5 Å². The van der Waals surface area contributed by atoms with Crippen molar-refractivity contribution >= 4 is 17.6 Å². The SMILES string of the molecule is CC[C@@H]1CN2CC[C@]3(C(=O)Nc4cccc(OC)c43)[C@@H]2C[C@H]1/C(=C/OC)C(=O)OC. The number of piperidine rings is 1. The van der Waals surface area contributed by atoms with Gasteiger partial charge in [0, 0.05) is 23.8 Å². The summed E-state index contributed by atoms with van der Waals surface area (Å²) in [5, 5.41) is 3.09. The fraction of sp³-hybridized carbons (Fsp3) is 0.565. The van der Waals surface area contributed by atoms with Crippen LogP contribution in [-0.2, 0) is 24.5 Å². The molecule has 0 aromatic heterocycles. The molecule has 2 saturated heterocycles. The van der Waals surface area contributed by atoms with Gasteiger partial charge in [0.15, 0.2) is 0 Å². The van der Waals surface area contributed by atoms with E-state index in [1.807, 2.05) is 18.2 Å². The predicted octanol–water partition coefficient (Wildman–Crippen LogP) is 2.71. The summed E-state index contributed by atoms with van der Waals surface area (Å²) >= 11 is 0. The summed E-state index contributed by atoms with van der Waals surface area (Å²) in [4.78, 5) is 28.4. The number of anilines is 1. The third-order valence-electron chi connectivity index (χ3n) is 7.25. The minimum atomic E-state index is -0.673. The number of carbonyl (C=O) groups excluding carboxylic acids is 2. The summed E-state index contributed by atoms with van der Waals surface area (Å²) < 4.78 is 16.0. The highest BCUT2D eigenvalue weighted by atomic mass is 16.5. The summed E-state index contributed by atoms with van der Waals surface area (Å²) in [6.07, 6.45) is 3.88. The number of ether oxygens (including phenoxy) is 3. The predicted molar refractivity (Wildman–Crippen MR) is 112 cm³/mol. The Bertz CT molecular complexity index is 882. The molecule has 162 valence electrons. The molecule has 4 rings (SSSR count). The first-order valence-corrected chi connectivity index (χ1v) is 10.6. The second-order valence-electron chi connectivity index (χ2n) is 8.38. The molecular weight excluding hydrogens is 384 g/mol. The van der Waals surface area contributed by atoms with Crippen molar-refractivity contribution in [1.29, 1.82) is 0 Å². The van der Waals surface area contributed by atoms with Crippen molar-refractivity contribution in [3.63, 3.8) is 0 Å². The number of hydrogen-bond donors (Lipinski definition) is 1. The van der Waals surface area contributed by atoms with Crippen molar-refractivity contribution in [2.75, 3.05) is 39.7 Å². The van der Waals surface area contributed by atoms with Crippen LogP contribution < -0.4 is 10.1 Å². The highest BCUT2D eigenvalue weighted by Crippen LogP contribution is 2.55. The van der Waals surface area contributed by atoms with Crippen LogP contribution in [0, 0.1) is 11.8 Å². The summed E-state index contributed by atoms with van der Waals surface area (Å²) in [6, 6.07) is 5.74. The molecule has 7 heteroatoms. The maximum absolute atomic E-state index is 13.4. The molecule has 0 saturated carbocycles. The molecule has 1 spiro atoms. The zero-order valence-corrected chi connectivity index (χ0v) is 18.1. The first-order valence-electron chi connectivity index (χ1n) is 10.6. The molecule has 0 unspecified atom stereocenters. The van der Waals surface area contributed by atoms with E-state index in [4.69, 9.17) is 14.2 Å². The molecule has 1 aromatic carbocycles. The fourth-order valence-electron chi connectivity index (χ4n) is 5.88. The van der Waals surface area contributed by atoms with Crippen LogP contribution in [0.3, 0.4) is 0 Å². The Balaban J connectivity index is 1.78. The minimum Gasteiger partial charge on any atom is -0.504 e. The number of methoxy groups -OCH3 is 3. The Morgan fingerprint density at radius 2 is 2.13 bits per heavy atom. The lowest BCUT2D eigenvalue weighted by Crippen LogP contribution is -2.53. The van der Waals surface area contributed by atoms with Crippen LogP contribution in [0.5, 0.6) is 5.75 Å². The summed E-state index contributed by atoms with van der Waals surface area (Å²) in [5.74, 6) is 0.652. The normalized spacial score (nSPS) is 30.6. The molecule has 1 amide bonds. The number of nitrogens with zero attached hydrogens (tertiary/aromatic N) is 1. The number of esters is 1. The van der Waals surface area contributed by atoms with E-state index >= 15 is 0 Å². The number of nitrogens with one attached hydrogen (secondary N) is 1. The van der Waals surface area contributed by atoms with Crippen molar-refractivity contribution in [3.05, 3.63) is 35.6 Å². The van der Waals surface area contributed by atoms with Crippen molar-refractivity contribution in [2.45, 2.75) is 37.6 Å². The first-order chi connectivity index (χ1) is 14.5. The summed E-state index contributed by atoms with van der Waals surface area (Å²) in [7, 11) is 4.58. The molecule has 7 nitrogen and oxygen atoms in total. The lowest BCUT2D eigenvalue weighted by molar-refractivity contribution is -0.137. The van der Waals surface area contributed by atoms with Gasteiger partial charge in [-0.2, -0.15) is 0 Å². The Morgan fingerprint density at radius 3 is 2.80 bits per heavy atom. The smallest absolute Gasteiger partial charge is 0.337 e. The van der Waals surface area contributed by atoms with Crippen LogP contribution in [0.25, 0.3) is 0 Å². The topological polar surface area (TPSA) is 77.1 Å². The van der Waals surface area contributed by atoms with Gasteiger partial charge in [0.1, 0.15) is 5.75 Å². The molecule has 0 radical (unpaired) electrons. The van der Waals surface area contributed by atoms with Crippen LogP contribution >= 0.6 is 0 Å². The first kappa shape index (κ1) is 20.7. The van der Waals surface area contributed by atoms with E-state index in [1.165, 1.54) is 13.4 Å². The van der Waals surface area contributed by atoms with E-state index in [9.17, 15) is 9.59 Å². The standard InChI is InChI=1S/C23H30N2O5/c1-5-14-12-25-10-9-23(19(25)11-15(14)16(13-28-2)21(26)30-4)20-17(24-22(23)27)7-6-8-18(20)29-3/h6-8,13-15,19H,5,9-12H2,1-4H3,(H,24,27)/b16-13-/t14-,15-,19+,23+/m1/s1. The van der Waals surface area contributed by atoms with Gasteiger partial charge in [0.25, 0.3) is 0 Å². The third kappa shape index (κ3) is 2.90. The van der Waals surface area contributed by atoms with E-state index in [0.29, 0.717) is 17.9 Å². The molecule has 30 heavy (non-hydrogen) atoms. The Hall–Kier alpha value is -2.54. The summed E-state index contributed by atoms with van der Waals surface area (Å²) in [5.41, 5.74) is 1.66. The molecule has 3 aliphatic rings. The van der Waals surface area contributed by atoms with Crippen LogP contribution in [0.15, 0.2) is 30.0 Å². The van der Waals surface area contributed by atoms with E-state index in [1.54, 1.807) is 14.2 Å². The Labute approximate surface area is 177 Å². The van der Waals surface area contributed by atoms with Crippen LogP contribution in [0.4, 0.5) is 5.69 Å². The average Bonchev–Trinajstić information content (AvgIpc) is 3.28. The van der Waals surface area contributed by atoms with Gasteiger partial charge in [-0.3, -0.25) is 9.69 Å². The molecule has 2 fully saturated rings. The van der Waals surface area contributed by atoms with Crippen LogP contribution in [0.2, 0.25) is 0 Å². The van der Waals surface area contributed by atoms with E-state index in [-0.39, 0.29) is 23.8 Å². The lowest BCUT2D eigenvalue weighted by Gasteiger charge is -2.45. The minimum absolute atomic E-state index is 0.0206. The number of hydrogen-bond acceptors (Lipinski definition) is 6. The highest BCUT2D eigenvalue weighted by molar-refractivity contribution is 6.08. The summed E-state index contributed by atoms with van der Waals surface area (Å²) in [6.45, 7) is 3.83. The molecule has 1 aromatic rings. The van der Waals surface area contributed by atoms with Gasteiger partial charge in [-0.1, -0.05) is 19.4 Å². The Kier molecular flexibility index (Phi) is 5.49. The molecule has 4 atom stereocenters. The van der Waals surface area contributed by atoms with Gasteiger partial charge in [-0.05, 0) is 43.4 Å². The maximum Gasteiger partial charge on any atom is 0.337 e. The number of carbonyl (C=O) groups is 2. The maximum atomic E-state index is 13.4. The molecular formula is C23H30N2O5. The molecule has 1 N–H and O–H groups in total. The molecule has 0 aliphatic carbocycles. The van der Waals surface area contributed by atoms with E-state index in [0.717, 1.165) is 42.9 Å². The van der Waals surface area contributed by atoms with Gasteiger partial charge in [0.2, 0.25) is 5.91 Å². The quantitative estimate of drug-likeness (QED) is 0.454. The highest BCUT2D eigenvalue weighted by Gasteiger charge is 2.61. The monoisotopic (exact) mass is 414 g/mol. The average molecular weight is 415 g/mol. The number of benzene rings is 1. The molecule has 0 bridgehead atoms. The van der Waals surface area contributed by atoms with Crippen molar-refractivity contribution in [3.8, 4) is 5.75 Å². The molecule has 3 heterocycles. The zero-order chi connectivity index (χ0) is 21.5. The van der Waals surface area contributed by atoms with Gasteiger partial charge in [0.05, 0.1) is 38.6 Å². The van der Waals surface area contributed by atoms with Crippen molar-refractivity contribution < 1.29 is 23.8 Å².